The van der Waals surface area contributed by atoms with Crippen molar-refractivity contribution in [1.29, 1.82) is 0 Å². The molecule has 0 atom stereocenters. The number of rotatable bonds is 5. The normalized spacial score (nSPS) is 13.7. The van der Waals surface area contributed by atoms with Gasteiger partial charge >= 0.3 is 0 Å². The molecule has 5 rings (SSSR count). The quantitative estimate of drug-likeness (QED) is 0.428. The molecule has 1 aliphatic heterocycles. The summed E-state index contributed by atoms with van der Waals surface area (Å²) in [6.45, 7) is 2.46. The average molecular weight is 484 g/mol. The maximum atomic E-state index is 13.4. The molecule has 6 nitrogen and oxygen atoms in total. The van der Waals surface area contributed by atoms with Gasteiger partial charge in [0, 0.05) is 43.6 Å². The second-order valence-corrected chi connectivity index (χ2v) is 8.84. The van der Waals surface area contributed by atoms with E-state index in [1.807, 2.05) is 35.2 Å². The third-order valence-electron chi connectivity index (χ3n) is 6.54. The van der Waals surface area contributed by atoms with E-state index in [1.165, 1.54) is 12.1 Å². The first-order chi connectivity index (χ1) is 17.5. The van der Waals surface area contributed by atoms with Crippen molar-refractivity contribution >= 4 is 11.6 Å². The molecule has 1 aliphatic rings. The number of amides is 1. The molecular formula is C29H26FN3O3. The van der Waals surface area contributed by atoms with Crippen molar-refractivity contribution in [3.8, 4) is 11.5 Å². The summed E-state index contributed by atoms with van der Waals surface area (Å²) >= 11 is 0. The number of nitrogens with zero attached hydrogens (tertiary/aromatic N) is 3. The third-order valence-corrected chi connectivity index (χ3v) is 6.54. The summed E-state index contributed by atoms with van der Waals surface area (Å²) in [4.78, 5) is 22.0. The van der Waals surface area contributed by atoms with Gasteiger partial charge in [0.1, 0.15) is 17.3 Å². The maximum absolute atomic E-state index is 13.4. The van der Waals surface area contributed by atoms with Gasteiger partial charge in [0.15, 0.2) is 0 Å². The van der Waals surface area contributed by atoms with Crippen LogP contribution in [0, 0.1) is 5.82 Å². The second-order valence-electron chi connectivity index (χ2n) is 8.84. The number of anilines is 1. The molecule has 1 amide bonds. The van der Waals surface area contributed by atoms with E-state index < -0.39 is 0 Å². The van der Waals surface area contributed by atoms with Gasteiger partial charge in [-0.3, -0.25) is 9.78 Å². The number of hydrogen-bond acceptors (Lipinski definition) is 5. The van der Waals surface area contributed by atoms with Crippen LogP contribution < -0.4 is 4.90 Å². The van der Waals surface area contributed by atoms with Gasteiger partial charge < -0.3 is 20.0 Å². The molecule has 2 heterocycles. The Morgan fingerprint density at radius 3 is 1.89 bits per heavy atom. The zero-order chi connectivity index (χ0) is 25.1. The third kappa shape index (κ3) is 5.00. The summed E-state index contributed by atoms with van der Waals surface area (Å²) in [6, 6.07) is 23.8. The molecule has 36 heavy (non-hydrogen) atoms. The van der Waals surface area contributed by atoms with E-state index in [2.05, 4.69) is 9.88 Å². The summed E-state index contributed by atoms with van der Waals surface area (Å²) in [7, 11) is 0. The molecule has 182 valence electrons. The van der Waals surface area contributed by atoms with Gasteiger partial charge in [0.05, 0.1) is 11.6 Å². The Bertz CT molecular complexity index is 1290. The molecule has 0 bridgehead atoms. The van der Waals surface area contributed by atoms with Crippen LogP contribution >= 0.6 is 0 Å². The lowest BCUT2D eigenvalue weighted by Gasteiger charge is -2.36. The van der Waals surface area contributed by atoms with Crippen molar-refractivity contribution in [3.63, 3.8) is 0 Å². The van der Waals surface area contributed by atoms with Crippen molar-refractivity contribution in [2.45, 2.75) is 5.92 Å². The molecule has 0 radical (unpaired) electrons. The molecule has 1 aromatic heterocycles. The molecule has 0 spiro atoms. The molecule has 3 aromatic carbocycles. The molecule has 0 unspecified atom stereocenters. The lowest BCUT2D eigenvalue weighted by Crippen LogP contribution is -2.48. The standard InChI is InChI=1S/C29H26FN3O3/c30-23-5-7-24(8-6-23)32-15-17-33(18-16-32)29(36)22-13-14-31-27(19-22)28(20-1-9-25(34)10-2-20)21-3-11-26(35)12-4-21/h1-14,19,28,34-35H,15-18H2. The molecular weight excluding hydrogens is 457 g/mol. The number of benzene rings is 3. The molecule has 1 saturated heterocycles. The van der Waals surface area contributed by atoms with E-state index in [-0.39, 0.29) is 29.1 Å². The van der Waals surface area contributed by atoms with Crippen LogP contribution in [0.15, 0.2) is 91.1 Å². The number of pyridine rings is 1. The van der Waals surface area contributed by atoms with Gasteiger partial charge in [-0.1, -0.05) is 24.3 Å². The molecule has 0 saturated carbocycles. The number of carbonyl (C=O) groups excluding carboxylic acids is 1. The highest BCUT2D eigenvalue weighted by Crippen LogP contribution is 2.33. The first-order valence-electron chi connectivity index (χ1n) is 11.8. The predicted molar refractivity (Wildman–Crippen MR) is 136 cm³/mol. The van der Waals surface area contributed by atoms with Crippen molar-refractivity contribution in [2.24, 2.45) is 0 Å². The lowest BCUT2D eigenvalue weighted by atomic mass is 9.87. The summed E-state index contributed by atoms with van der Waals surface area (Å²) in [5.74, 6) is -0.277. The highest BCUT2D eigenvalue weighted by atomic mass is 19.1. The van der Waals surface area contributed by atoms with Crippen LogP contribution in [-0.2, 0) is 0 Å². The van der Waals surface area contributed by atoms with Crippen molar-refractivity contribution in [3.05, 3.63) is 119 Å². The molecule has 1 fully saturated rings. The van der Waals surface area contributed by atoms with Gasteiger partial charge in [-0.25, -0.2) is 4.39 Å². The summed E-state index contributed by atoms with van der Waals surface area (Å²) in [5, 5.41) is 19.5. The van der Waals surface area contributed by atoms with E-state index >= 15 is 0 Å². The Morgan fingerprint density at radius 1 is 0.778 bits per heavy atom. The van der Waals surface area contributed by atoms with Gasteiger partial charge in [-0.15, -0.1) is 0 Å². The van der Waals surface area contributed by atoms with Crippen LogP contribution in [0.4, 0.5) is 10.1 Å². The number of carbonyl (C=O) groups is 1. The molecule has 7 heteroatoms. The van der Waals surface area contributed by atoms with Crippen LogP contribution in [0.3, 0.4) is 0 Å². The van der Waals surface area contributed by atoms with Crippen molar-refractivity contribution in [1.82, 2.24) is 9.88 Å². The minimum absolute atomic E-state index is 0.0624. The fourth-order valence-corrected chi connectivity index (χ4v) is 4.61. The number of phenols is 2. The largest absolute Gasteiger partial charge is 0.508 e. The Kier molecular flexibility index (Phi) is 6.54. The zero-order valence-electron chi connectivity index (χ0n) is 19.6. The van der Waals surface area contributed by atoms with Crippen LogP contribution in [-0.4, -0.2) is 52.2 Å². The van der Waals surface area contributed by atoms with E-state index in [0.717, 1.165) is 16.8 Å². The minimum atomic E-state index is -0.283. The predicted octanol–water partition coefficient (Wildman–Crippen LogP) is 4.77. The van der Waals surface area contributed by atoms with Crippen LogP contribution in [0.1, 0.15) is 33.1 Å². The maximum Gasteiger partial charge on any atom is 0.254 e. The number of piperazine rings is 1. The van der Waals surface area contributed by atoms with Crippen molar-refractivity contribution in [2.75, 3.05) is 31.1 Å². The minimum Gasteiger partial charge on any atom is -0.508 e. The van der Waals surface area contributed by atoms with Gasteiger partial charge in [-0.05, 0) is 71.8 Å². The van der Waals surface area contributed by atoms with Gasteiger partial charge in [-0.2, -0.15) is 0 Å². The van der Waals surface area contributed by atoms with E-state index in [9.17, 15) is 19.4 Å². The first-order valence-corrected chi connectivity index (χ1v) is 11.8. The molecule has 0 aliphatic carbocycles. The van der Waals surface area contributed by atoms with E-state index in [1.54, 1.807) is 48.7 Å². The fourth-order valence-electron chi connectivity index (χ4n) is 4.61. The molecule has 4 aromatic rings. The number of aromatic nitrogens is 1. The summed E-state index contributed by atoms with van der Waals surface area (Å²) in [5.41, 5.74) is 4.01. The van der Waals surface area contributed by atoms with E-state index in [4.69, 9.17) is 0 Å². The lowest BCUT2D eigenvalue weighted by molar-refractivity contribution is 0.0746. The van der Waals surface area contributed by atoms with Crippen LogP contribution in [0.2, 0.25) is 0 Å². The Hall–Kier alpha value is -4.39. The highest BCUT2D eigenvalue weighted by Gasteiger charge is 2.25. The Morgan fingerprint density at radius 2 is 1.33 bits per heavy atom. The van der Waals surface area contributed by atoms with Crippen LogP contribution in [0.5, 0.6) is 11.5 Å². The fraction of sp³-hybridized carbons (Fsp3) is 0.172. The SMILES string of the molecule is O=C(c1ccnc(C(c2ccc(O)cc2)c2ccc(O)cc2)c1)N1CCN(c2ccc(F)cc2)CC1. The Balaban J connectivity index is 1.38. The monoisotopic (exact) mass is 483 g/mol. The Labute approximate surface area is 208 Å². The summed E-state index contributed by atoms with van der Waals surface area (Å²) < 4.78 is 13.3. The second kappa shape index (κ2) is 10.1. The first kappa shape index (κ1) is 23.4. The smallest absolute Gasteiger partial charge is 0.254 e. The highest BCUT2D eigenvalue weighted by molar-refractivity contribution is 5.94. The number of aromatic hydroxyl groups is 2. The molecule has 2 N–H and O–H groups in total. The zero-order valence-corrected chi connectivity index (χ0v) is 19.6. The number of phenolic OH excluding ortho intramolecular Hbond substituents is 2. The van der Waals surface area contributed by atoms with Crippen molar-refractivity contribution < 1.29 is 19.4 Å². The van der Waals surface area contributed by atoms with E-state index in [0.29, 0.717) is 37.4 Å². The van der Waals surface area contributed by atoms with Crippen LogP contribution in [0.25, 0.3) is 0 Å². The average Bonchev–Trinajstić information content (AvgIpc) is 2.91. The summed E-state index contributed by atoms with van der Waals surface area (Å²) in [6.07, 6.45) is 1.64. The topological polar surface area (TPSA) is 76.9 Å². The number of hydrogen-bond donors (Lipinski definition) is 2. The van der Waals surface area contributed by atoms with Gasteiger partial charge in [0.25, 0.3) is 5.91 Å². The number of halogens is 1. The van der Waals surface area contributed by atoms with Gasteiger partial charge in [0.2, 0.25) is 0 Å².